The molecule has 1 aromatic heterocycles. The van der Waals surface area contributed by atoms with Crippen LogP contribution in [0.3, 0.4) is 0 Å². The number of amides is 2. The zero-order valence-electron chi connectivity index (χ0n) is 16.0. The smallest absolute Gasteiger partial charge is 0.240 e. The number of nitrogens with one attached hydrogen (secondary N) is 2. The largest absolute Gasteiger partial charge is 0.390 e. The first-order chi connectivity index (χ1) is 14.5. The minimum absolute atomic E-state index is 0.00782. The molecule has 0 saturated carbocycles. The van der Waals surface area contributed by atoms with Gasteiger partial charge in [0.15, 0.2) is 5.16 Å². The number of aliphatic hydroxyl groups is 1. The van der Waals surface area contributed by atoms with Gasteiger partial charge in [0.05, 0.1) is 24.3 Å². The minimum atomic E-state index is -0.256. The summed E-state index contributed by atoms with van der Waals surface area (Å²) in [6, 6.07) is 16.4. The lowest BCUT2D eigenvalue weighted by atomic mass is 10.2. The predicted octanol–water partition coefficient (Wildman–Crippen LogP) is 3.08. The highest BCUT2D eigenvalue weighted by Crippen LogP contribution is 2.19. The molecule has 9 heteroatoms. The molecule has 7 nitrogen and oxygen atoms in total. The summed E-state index contributed by atoms with van der Waals surface area (Å²) in [5.74, 6) is -0.282. The second-order valence-electron chi connectivity index (χ2n) is 6.38. The Bertz CT molecular complexity index is 993. The molecule has 0 aliphatic heterocycles. The molecular weight excluding hydrogens is 424 g/mol. The van der Waals surface area contributed by atoms with Crippen LogP contribution < -0.4 is 10.6 Å². The van der Waals surface area contributed by atoms with Gasteiger partial charge in [0, 0.05) is 17.3 Å². The number of imidazole rings is 1. The number of anilines is 1. The lowest BCUT2D eigenvalue weighted by Crippen LogP contribution is -2.28. The van der Waals surface area contributed by atoms with Crippen molar-refractivity contribution in [1.29, 1.82) is 0 Å². The molecule has 0 unspecified atom stereocenters. The number of carbonyl (C=O) groups is 2. The molecule has 1 heterocycles. The highest BCUT2D eigenvalue weighted by atomic mass is 35.5. The van der Waals surface area contributed by atoms with Crippen LogP contribution in [0, 0.1) is 0 Å². The average molecular weight is 445 g/mol. The zero-order chi connectivity index (χ0) is 21.3. The SMILES string of the molecule is O=C(Cn1c(CO)cnc1SCC(=O)Nc1ccccc1)NCc1ccc(Cl)cc1. The van der Waals surface area contributed by atoms with Crippen LogP contribution in [0.15, 0.2) is 66.0 Å². The van der Waals surface area contributed by atoms with Crippen LogP contribution in [0.2, 0.25) is 5.02 Å². The molecule has 0 atom stereocenters. The molecule has 0 saturated heterocycles. The van der Waals surface area contributed by atoms with Gasteiger partial charge >= 0.3 is 0 Å². The van der Waals surface area contributed by atoms with E-state index in [4.69, 9.17) is 11.6 Å². The van der Waals surface area contributed by atoms with Crippen LogP contribution in [-0.4, -0.2) is 32.2 Å². The highest BCUT2D eigenvalue weighted by molar-refractivity contribution is 7.99. The van der Waals surface area contributed by atoms with Crippen molar-refractivity contribution in [2.75, 3.05) is 11.1 Å². The van der Waals surface area contributed by atoms with Gasteiger partial charge in [-0.3, -0.25) is 9.59 Å². The standard InChI is InChI=1S/C21H21ClN4O3S/c22-16-8-6-15(7-9-16)10-23-19(28)12-26-18(13-27)11-24-21(26)30-14-20(29)25-17-4-2-1-3-5-17/h1-9,11,27H,10,12-14H2,(H,23,28)(H,25,29). The summed E-state index contributed by atoms with van der Waals surface area (Å²) < 4.78 is 1.61. The third-order valence-electron chi connectivity index (χ3n) is 4.16. The Morgan fingerprint density at radius 2 is 1.80 bits per heavy atom. The van der Waals surface area contributed by atoms with E-state index in [9.17, 15) is 14.7 Å². The number of benzene rings is 2. The van der Waals surface area contributed by atoms with Crippen molar-refractivity contribution in [2.45, 2.75) is 24.9 Å². The van der Waals surface area contributed by atoms with Crippen LogP contribution in [0.25, 0.3) is 0 Å². The topological polar surface area (TPSA) is 96.2 Å². The first-order valence-corrected chi connectivity index (χ1v) is 10.6. The van der Waals surface area contributed by atoms with Gasteiger partial charge in [-0.2, -0.15) is 0 Å². The van der Waals surface area contributed by atoms with E-state index in [1.165, 1.54) is 18.0 Å². The second kappa shape index (κ2) is 10.8. The number of hydrogen-bond donors (Lipinski definition) is 3. The molecule has 0 radical (unpaired) electrons. The van der Waals surface area contributed by atoms with E-state index in [0.717, 1.165) is 5.56 Å². The molecule has 0 bridgehead atoms. The average Bonchev–Trinajstić information content (AvgIpc) is 3.14. The first kappa shape index (κ1) is 21.9. The number of halogens is 1. The molecule has 30 heavy (non-hydrogen) atoms. The number of aromatic nitrogens is 2. The molecular formula is C21H21ClN4O3S. The fourth-order valence-electron chi connectivity index (χ4n) is 2.65. The normalized spacial score (nSPS) is 10.6. The summed E-state index contributed by atoms with van der Waals surface area (Å²) in [6.07, 6.45) is 1.50. The van der Waals surface area contributed by atoms with Crippen molar-refractivity contribution in [2.24, 2.45) is 0 Å². The Morgan fingerprint density at radius 3 is 2.50 bits per heavy atom. The Morgan fingerprint density at radius 1 is 1.07 bits per heavy atom. The highest BCUT2D eigenvalue weighted by Gasteiger charge is 2.15. The van der Waals surface area contributed by atoms with E-state index in [2.05, 4.69) is 15.6 Å². The predicted molar refractivity (Wildman–Crippen MR) is 117 cm³/mol. The minimum Gasteiger partial charge on any atom is -0.390 e. The fraction of sp³-hybridized carbons (Fsp3) is 0.190. The van der Waals surface area contributed by atoms with Crippen molar-refractivity contribution in [3.8, 4) is 0 Å². The van der Waals surface area contributed by atoms with Crippen LogP contribution in [0.5, 0.6) is 0 Å². The Balaban J connectivity index is 1.56. The van der Waals surface area contributed by atoms with Crippen LogP contribution in [-0.2, 0) is 29.3 Å². The zero-order valence-corrected chi connectivity index (χ0v) is 17.6. The summed E-state index contributed by atoms with van der Waals surface area (Å²) in [7, 11) is 0. The number of rotatable bonds is 9. The van der Waals surface area contributed by atoms with Crippen molar-refractivity contribution in [3.63, 3.8) is 0 Å². The number of nitrogens with zero attached hydrogens (tertiary/aromatic N) is 2. The monoisotopic (exact) mass is 444 g/mol. The van der Waals surface area contributed by atoms with E-state index >= 15 is 0 Å². The third kappa shape index (κ3) is 6.35. The van der Waals surface area contributed by atoms with Crippen LogP contribution in [0.1, 0.15) is 11.3 Å². The molecule has 3 aromatic rings. The maximum Gasteiger partial charge on any atom is 0.240 e. The number of carbonyl (C=O) groups excluding carboxylic acids is 2. The molecule has 156 valence electrons. The van der Waals surface area contributed by atoms with Gasteiger partial charge in [-0.05, 0) is 29.8 Å². The van der Waals surface area contributed by atoms with Crippen molar-refractivity contribution < 1.29 is 14.7 Å². The number of aliphatic hydroxyl groups excluding tert-OH is 1. The van der Waals surface area contributed by atoms with Gasteiger partial charge in [0.1, 0.15) is 6.54 Å². The van der Waals surface area contributed by atoms with Crippen molar-refractivity contribution in [3.05, 3.63) is 77.1 Å². The maximum absolute atomic E-state index is 12.4. The van der Waals surface area contributed by atoms with Crippen molar-refractivity contribution >= 4 is 40.9 Å². The number of para-hydroxylation sites is 1. The molecule has 3 rings (SSSR count). The molecule has 0 aliphatic rings. The van der Waals surface area contributed by atoms with E-state index < -0.39 is 0 Å². The molecule has 2 amide bonds. The molecule has 2 aromatic carbocycles. The van der Waals surface area contributed by atoms with Gasteiger partial charge in [0.2, 0.25) is 11.8 Å². The van der Waals surface area contributed by atoms with E-state index in [0.29, 0.717) is 28.1 Å². The van der Waals surface area contributed by atoms with Crippen LogP contribution in [0.4, 0.5) is 5.69 Å². The summed E-state index contributed by atoms with van der Waals surface area (Å²) in [5.41, 5.74) is 2.14. The molecule has 0 spiro atoms. The van der Waals surface area contributed by atoms with Gasteiger partial charge in [-0.1, -0.05) is 53.7 Å². The number of thioether (sulfide) groups is 1. The lowest BCUT2D eigenvalue weighted by Gasteiger charge is -2.11. The Hall–Kier alpha value is -2.81. The lowest BCUT2D eigenvalue weighted by molar-refractivity contribution is -0.122. The van der Waals surface area contributed by atoms with E-state index in [1.54, 1.807) is 28.8 Å². The van der Waals surface area contributed by atoms with Gasteiger partial charge in [0.25, 0.3) is 0 Å². The summed E-state index contributed by atoms with van der Waals surface area (Å²) in [5, 5.41) is 16.3. The van der Waals surface area contributed by atoms with E-state index in [1.807, 2.05) is 30.3 Å². The van der Waals surface area contributed by atoms with Crippen LogP contribution >= 0.6 is 23.4 Å². The van der Waals surface area contributed by atoms with Gasteiger partial charge < -0.3 is 20.3 Å². The van der Waals surface area contributed by atoms with E-state index in [-0.39, 0.29) is 30.7 Å². The first-order valence-electron chi connectivity index (χ1n) is 9.19. The molecule has 0 fully saturated rings. The summed E-state index contributed by atoms with van der Waals surface area (Å²) >= 11 is 7.07. The van der Waals surface area contributed by atoms with Gasteiger partial charge in [-0.15, -0.1) is 0 Å². The van der Waals surface area contributed by atoms with Gasteiger partial charge in [-0.25, -0.2) is 4.98 Å². The Kier molecular flexibility index (Phi) is 7.89. The summed E-state index contributed by atoms with van der Waals surface area (Å²) in [4.78, 5) is 28.8. The second-order valence-corrected chi connectivity index (χ2v) is 7.76. The number of hydrogen-bond acceptors (Lipinski definition) is 5. The third-order valence-corrected chi connectivity index (χ3v) is 5.40. The maximum atomic E-state index is 12.4. The Labute approximate surface area is 183 Å². The molecule has 0 aliphatic carbocycles. The quantitative estimate of drug-likeness (QED) is 0.441. The van der Waals surface area contributed by atoms with Crippen molar-refractivity contribution in [1.82, 2.24) is 14.9 Å². The summed E-state index contributed by atoms with van der Waals surface area (Å²) in [6.45, 7) is 0.0987. The fourth-order valence-corrected chi connectivity index (χ4v) is 3.58. The molecule has 3 N–H and O–H groups in total.